The zero-order chi connectivity index (χ0) is 11.5. The second-order valence-corrected chi connectivity index (χ2v) is 4.13. The maximum atomic E-state index is 11.4. The molecule has 15 heavy (non-hydrogen) atoms. The van der Waals surface area contributed by atoms with Crippen molar-refractivity contribution in [2.24, 2.45) is 0 Å². The van der Waals surface area contributed by atoms with E-state index in [1.54, 1.807) is 4.90 Å². The van der Waals surface area contributed by atoms with Gasteiger partial charge in [0.1, 0.15) is 12.2 Å². The number of ether oxygens (including phenoxy) is 1. The van der Waals surface area contributed by atoms with E-state index in [1.807, 2.05) is 13.8 Å². The van der Waals surface area contributed by atoms with Crippen LogP contribution in [-0.2, 0) is 14.3 Å². The number of carboxylic acid groups (broad SMARTS) is 1. The fourth-order valence-corrected chi connectivity index (χ4v) is 1.64. The van der Waals surface area contributed by atoms with Crippen LogP contribution in [0.1, 0.15) is 26.7 Å². The van der Waals surface area contributed by atoms with E-state index in [9.17, 15) is 9.59 Å². The van der Waals surface area contributed by atoms with E-state index in [0.29, 0.717) is 19.5 Å². The summed E-state index contributed by atoms with van der Waals surface area (Å²) >= 11 is 0. The van der Waals surface area contributed by atoms with E-state index in [1.165, 1.54) is 0 Å². The molecular weight excluding hydrogens is 198 g/mol. The summed E-state index contributed by atoms with van der Waals surface area (Å²) in [6.07, 6.45) is 1.39. The van der Waals surface area contributed by atoms with Gasteiger partial charge in [0, 0.05) is 6.42 Å². The van der Waals surface area contributed by atoms with Gasteiger partial charge in [-0.05, 0) is 13.3 Å². The number of carbonyl (C=O) groups is 2. The summed E-state index contributed by atoms with van der Waals surface area (Å²) in [5, 5.41) is 8.45. The predicted molar refractivity (Wildman–Crippen MR) is 53.5 cm³/mol. The zero-order valence-corrected chi connectivity index (χ0v) is 9.15. The van der Waals surface area contributed by atoms with Crippen molar-refractivity contribution in [2.75, 3.05) is 19.7 Å². The molecule has 0 aromatic heterocycles. The number of hydrogen-bond acceptors (Lipinski definition) is 3. The molecule has 0 aromatic carbocycles. The molecule has 5 nitrogen and oxygen atoms in total. The topological polar surface area (TPSA) is 66.8 Å². The van der Waals surface area contributed by atoms with Crippen molar-refractivity contribution in [2.45, 2.75) is 32.3 Å². The number of likely N-dealkylation sites (tertiary alicyclic amines) is 1. The van der Waals surface area contributed by atoms with Gasteiger partial charge in [0.05, 0.1) is 13.1 Å². The molecule has 0 bridgehead atoms. The summed E-state index contributed by atoms with van der Waals surface area (Å²) in [6, 6.07) is 0. The molecule has 1 saturated heterocycles. The Hall–Kier alpha value is -1.10. The third-order valence-electron chi connectivity index (χ3n) is 2.41. The Morgan fingerprint density at radius 2 is 2.07 bits per heavy atom. The average molecular weight is 215 g/mol. The molecule has 0 unspecified atom stereocenters. The van der Waals surface area contributed by atoms with Gasteiger partial charge < -0.3 is 14.7 Å². The SMILES string of the molecule is CCCC(=O)N1CC(C)(OCC(=O)O)C1. The third-order valence-corrected chi connectivity index (χ3v) is 2.41. The molecule has 86 valence electrons. The van der Waals surface area contributed by atoms with Crippen LogP contribution in [0.3, 0.4) is 0 Å². The molecule has 0 aromatic rings. The minimum Gasteiger partial charge on any atom is -0.480 e. The zero-order valence-electron chi connectivity index (χ0n) is 9.15. The lowest BCUT2D eigenvalue weighted by Gasteiger charge is -2.47. The Labute approximate surface area is 89.0 Å². The van der Waals surface area contributed by atoms with E-state index in [2.05, 4.69) is 0 Å². The first-order valence-corrected chi connectivity index (χ1v) is 5.10. The van der Waals surface area contributed by atoms with Crippen molar-refractivity contribution in [3.63, 3.8) is 0 Å². The summed E-state index contributed by atoms with van der Waals surface area (Å²) < 4.78 is 5.19. The molecule has 1 rings (SSSR count). The molecule has 1 amide bonds. The minimum atomic E-state index is -0.977. The van der Waals surface area contributed by atoms with Crippen molar-refractivity contribution in [3.05, 3.63) is 0 Å². The maximum absolute atomic E-state index is 11.4. The van der Waals surface area contributed by atoms with Gasteiger partial charge in [0.15, 0.2) is 0 Å². The van der Waals surface area contributed by atoms with Gasteiger partial charge in [-0.3, -0.25) is 4.79 Å². The van der Waals surface area contributed by atoms with Gasteiger partial charge in [-0.25, -0.2) is 4.79 Å². The average Bonchev–Trinajstić information content (AvgIpc) is 2.10. The maximum Gasteiger partial charge on any atom is 0.329 e. The highest BCUT2D eigenvalue weighted by Crippen LogP contribution is 2.25. The Morgan fingerprint density at radius 3 is 2.53 bits per heavy atom. The van der Waals surface area contributed by atoms with Crippen LogP contribution in [0.5, 0.6) is 0 Å². The lowest BCUT2D eigenvalue weighted by atomic mass is 9.96. The van der Waals surface area contributed by atoms with Crippen LogP contribution in [0.25, 0.3) is 0 Å². The van der Waals surface area contributed by atoms with Crippen LogP contribution in [-0.4, -0.2) is 47.2 Å². The van der Waals surface area contributed by atoms with Crippen LogP contribution in [0, 0.1) is 0 Å². The molecule has 0 radical (unpaired) electrons. The molecule has 1 fully saturated rings. The highest BCUT2D eigenvalue weighted by atomic mass is 16.5. The third kappa shape index (κ3) is 3.20. The Bertz CT molecular complexity index is 258. The van der Waals surface area contributed by atoms with Gasteiger partial charge in [-0.1, -0.05) is 6.92 Å². The molecule has 0 spiro atoms. The molecular formula is C10H17NO4. The lowest BCUT2D eigenvalue weighted by Crippen LogP contribution is -2.63. The Morgan fingerprint density at radius 1 is 1.47 bits per heavy atom. The molecule has 1 aliphatic rings. The minimum absolute atomic E-state index is 0.119. The van der Waals surface area contributed by atoms with Gasteiger partial charge in [-0.15, -0.1) is 0 Å². The van der Waals surface area contributed by atoms with E-state index >= 15 is 0 Å². The summed E-state index contributed by atoms with van der Waals surface area (Å²) in [7, 11) is 0. The summed E-state index contributed by atoms with van der Waals surface area (Å²) in [4.78, 5) is 23.4. The number of carbonyl (C=O) groups excluding carboxylic acids is 1. The van der Waals surface area contributed by atoms with Crippen molar-refractivity contribution < 1.29 is 19.4 Å². The first-order chi connectivity index (χ1) is 6.97. The monoisotopic (exact) mass is 215 g/mol. The molecule has 0 aliphatic carbocycles. The predicted octanol–water partition coefficient (Wildman–Crippen LogP) is 0.489. The smallest absolute Gasteiger partial charge is 0.329 e. The quantitative estimate of drug-likeness (QED) is 0.724. The van der Waals surface area contributed by atoms with Gasteiger partial charge in [0.25, 0.3) is 0 Å². The van der Waals surface area contributed by atoms with Crippen LogP contribution in [0.4, 0.5) is 0 Å². The van der Waals surface area contributed by atoms with Gasteiger partial charge in [0.2, 0.25) is 5.91 Å². The molecule has 1 heterocycles. The van der Waals surface area contributed by atoms with E-state index in [0.717, 1.165) is 6.42 Å². The first-order valence-electron chi connectivity index (χ1n) is 5.10. The Balaban J connectivity index is 2.28. The second kappa shape index (κ2) is 4.61. The van der Waals surface area contributed by atoms with E-state index in [-0.39, 0.29) is 12.5 Å². The van der Waals surface area contributed by atoms with E-state index in [4.69, 9.17) is 9.84 Å². The number of rotatable bonds is 5. The summed E-state index contributed by atoms with van der Waals surface area (Å²) in [5.74, 6) is -0.858. The highest BCUT2D eigenvalue weighted by molar-refractivity contribution is 5.77. The van der Waals surface area contributed by atoms with Crippen molar-refractivity contribution in [1.29, 1.82) is 0 Å². The number of amides is 1. The number of nitrogens with zero attached hydrogens (tertiary/aromatic N) is 1. The first kappa shape index (κ1) is 12.0. The number of carboxylic acids is 1. The van der Waals surface area contributed by atoms with Crippen LogP contribution in [0.2, 0.25) is 0 Å². The van der Waals surface area contributed by atoms with Crippen molar-refractivity contribution in [3.8, 4) is 0 Å². The fraction of sp³-hybridized carbons (Fsp3) is 0.800. The number of aliphatic carboxylic acids is 1. The standard InChI is InChI=1S/C10H17NO4/c1-3-4-8(12)11-6-10(2,7-11)15-5-9(13)14/h3-7H2,1-2H3,(H,13,14). The summed E-state index contributed by atoms with van der Waals surface area (Å²) in [6.45, 7) is 4.48. The van der Waals surface area contributed by atoms with Gasteiger partial charge in [-0.2, -0.15) is 0 Å². The summed E-state index contributed by atoms with van der Waals surface area (Å²) in [5.41, 5.74) is -0.470. The fourth-order valence-electron chi connectivity index (χ4n) is 1.64. The van der Waals surface area contributed by atoms with Crippen LogP contribution >= 0.6 is 0 Å². The van der Waals surface area contributed by atoms with Crippen molar-refractivity contribution in [1.82, 2.24) is 4.90 Å². The molecule has 0 atom stereocenters. The Kier molecular flexibility index (Phi) is 3.68. The molecule has 0 saturated carbocycles. The number of hydrogen-bond donors (Lipinski definition) is 1. The van der Waals surface area contributed by atoms with E-state index < -0.39 is 11.6 Å². The molecule has 5 heteroatoms. The molecule has 1 N–H and O–H groups in total. The molecule has 1 aliphatic heterocycles. The van der Waals surface area contributed by atoms with Crippen LogP contribution in [0.15, 0.2) is 0 Å². The van der Waals surface area contributed by atoms with Gasteiger partial charge >= 0.3 is 5.97 Å². The lowest BCUT2D eigenvalue weighted by molar-refractivity contribution is -0.173. The highest BCUT2D eigenvalue weighted by Gasteiger charge is 2.42. The normalized spacial score (nSPS) is 18.4. The largest absolute Gasteiger partial charge is 0.480 e. The van der Waals surface area contributed by atoms with Crippen molar-refractivity contribution >= 4 is 11.9 Å². The second-order valence-electron chi connectivity index (χ2n) is 4.13. The van der Waals surface area contributed by atoms with Crippen LogP contribution < -0.4 is 0 Å².